The van der Waals surface area contributed by atoms with E-state index in [4.69, 9.17) is 15.0 Å². The van der Waals surface area contributed by atoms with E-state index in [2.05, 4.69) is 21.0 Å². The van der Waals surface area contributed by atoms with Crippen LogP contribution >= 0.6 is 0 Å². The number of benzene rings is 1. The topological polar surface area (TPSA) is 92.1 Å². The summed E-state index contributed by atoms with van der Waals surface area (Å²) in [6.45, 7) is 3.83. The molecule has 150 valence electrons. The third kappa shape index (κ3) is 2.63. The van der Waals surface area contributed by atoms with Crippen molar-refractivity contribution in [3.8, 4) is 17.8 Å². The Morgan fingerprint density at radius 2 is 1.23 bits per heavy atom. The summed E-state index contributed by atoms with van der Waals surface area (Å²) in [4.78, 5) is 27.6. The van der Waals surface area contributed by atoms with E-state index in [0.29, 0.717) is 17.8 Å². The third-order valence-electron chi connectivity index (χ3n) is 5.31. The Hall–Kier alpha value is -4.40. The average Bonchev–Trinajstić information content (AvgIpc) is 3.50. The standard InChI is InChI=1S/C22H17N9/c1-14-23-10-12-29(14)20-26-21(30-13-11-24-15(30)2)28-22(27-20)31-17-7-4-3-6-16(17)19-18(31)8-5-9-25-19/h3-13H,1-2H3. The van der Waals surface area contributed by atoms with Crippen LogP contribution in [0, 0.1) is 13.8 Å². The molecular formula is C22H17N9. The zero-order valence-corrected chi connectivity index (χ0v) is 16.9. The normalized spacial score (nSPS) is 11.5. The second kappa shape index (κ2) is 6.56. The second-order valence-electron chi connectivity index (χ2n) is 7.15. The maximum Gasteiger partial charge on any atom is 0.241 e. The van der Waals surface area contributed by atoms with Crippen molar-refractivity contribution >= 4 is 21.9 Å². The molecule has 0 saturated carbocycles. The lowest BCUT2D eigenvalue weighted by Gasteiger charge is -2.12. The van der Waals surface area contributed by atoms with E-state index in [1.54, 1.807) is 18.6 Å². The van der Waals surface area contributed by atoms with Crippen LogP contribution < -0.4 is 0 Å². The Morgan fingerprint density at radius 3 is 1.87 bits per heavy atom. The molecule has 0 bridgehead atoms. The fraction of sp³-hybridized carbons (Fsp3) is 0.0909. The summed E-state index contributed by atoms with van der Waals surface area (Å²) in [5.41, 5.74) is 2.81. The molecule has 0 aliphatic rings. The Labute approximate surface area is 176 Å². The molecule has 0 atom stereocenters. The van der Waals surface area contributed by atoms with Crippen molar-refractivity contribution in [3.05, 3.63) is 79.0 Å². The summed E-state index contributed by atoms with van der Waals surface area (Å²) >= 11 is 0. The summed E-state index contributed by atoms with van der Waals surface area (Å²) in [5, 5.41) is 1.04. The number of hydrogen-bond donors (Lipinski definition) is 0. The van der Waals surface area contributed by atoms with Crippen LogP contribution in [0.4, 0.5) is 0 Å². The van der Waals surface area contributed by atoms with Crippen LogP contribution in [0.3, 0.4) is 0 Å². The highest BCUT2D eigenvalue weighted by molar-refractivity contribution is 6.06. The highest BCUT2D eigenvalue weighted by Gasteiger charge is 2.18. The Morgan fingerprint density at radius 1 is 0.613 bits per heavy atom. The Balaban J connectivity index is 1.71. The third-order valence-corrected chi connectivity index (χ3v) is 5.31. The van der Waals surface area contributed by atoms with Gasteiger partial charge in [0.05, 0.1) is 16.6 Å². The van der Waals surface area contributed by atoms with Gasteiger partial charge in [-0.25, -0.2) is 9.97 Å². The van der Waals surface area contributed by atoms with Gasteiger partial charge in [-0.15, -0.1) is 0 Å². The fourth-order valence-corrected chi connectivity index (χ4v) is 3.84. The number of rotatable bonds is 3. The minimum atomic E-state index is 0.484. The van der Waals surface area contributed by atoms with Crippen LogP contribution in [0.25, 0.3) is 39.8 Å². The number of aryl methyl sites for hydroxylation is 2. The quantitative estimate of drug-likeness (QED) is 0.447. The maximum atomic E-state index is 4.82. The van der Waals surface area contributed by atoms with Crippen LogP contribution in [0.5, 0.6) is 0 Å². The molecule has 1 aromatic carbocycles. The van der Waals surface area contributed by atoms with Crippen LogP contribution in [0.1, 0.15) is 11.6 Å². The zero-order valence-electron chi connectivity index (χ0n) is 16.9. The van der Waals surface area contributed by atoms with Gasteiger partial charge in [0, 0.05) is 36.4 Å². The van der Waals surface area contributed by atoms with E-state index >= 15 is 0 Å². The molecule has 0 radical (unpaired) electrons. The lowest BCUT2D eigenvalue weighted by atomic mass is 10.2. The molecule has 0 aliphatic carbocycles. The van der Waals surface area contributed by atoms with Crippen LogP contribution in [0.2, 0.25) is 0 Å². The Bertz CT molecular complexity index is 1460. The lowest BCUT2D eigenvalue weighted by molar-refractivity contribution is 0.787. The van der Waals surface area contributed by atoms with Crippen molar-refractivity contribution in [2.45, 2.75) is 13.8 Å². The van der Waals surface area contributed by atoms with Crippen molar-refractivity contribution < 1.29 is 0 Å². The molecule has 9 nitrogen and oxygen atoms in total. The molecule has 9 heteroatoms. The summed E-state index contributed by atoms with van der Waals surface area (Å²) < 4.78 is 5.70. The van der Waals surface area contributed by atoms with Gasteiger partial charge in [-0.05, 0) is 32.0 Å². The smallest absolute Gasteiger partial charge is 0.241 e. The van der Waals surface area contributed by atoms with Gasteiger partial charge in [0.25, 0.3) is 0 Å². The lowest BCUT2D eigenvalue weighted by Crippen LogP contribution is -2.13. The van der Waals surface area contributed by atoms with E-state index in [0.717, 1.165) is 33.6 Å². The molecule has 0 unspecified atom stereocenters. The molecule has 0 spiro atoms. The van der Waals surface area contributed by atoms with Crippen LogP contribution in [0.15, 0.2) is 67.4 Å². The van der Waals surface area contributed by atoms with Gasteiger partial charge < -0.3 is 0 Å². The summed E-state index contributed by atoms with van der Waals surface area (Å²) in [7, 11) is 0. The molecule has 0 amide bonds. The van der Waals surface area contributed by atoms with Gasteiger partial charge >= 0.3 is 0 Å². The van der Waals surface area contributed by atoms with Crippen molar-refractivity contribution in [1.29, 1.82) is 0 Å². The number of pyridine rings is 1. The first-order valence-electron chi connectivity index (χ1n) is 9.82. The summed E-state index contributed by atoms with van der Waals surface area (Å²) in [5.74, 6) is 3.04. The SMILES string of the molecule is Cc1nccn1-c1nc(-n2ccnc2C)nc(-n2c3ccccc3c3ncccc32)n1. The maximum absolute atomic E-state index is 4.82. The molecule has 31 heavy (non-hydrogen) atoms. The van der Waals surface area contributed by atoms with E-state index in [9.17, 15) is 0 Å². The first kappa shape index (κ1) is 17.5. The van der Waals surface area contributed by atoms with Gasteiger partial charge in [0.2, 0.25) is 17.8 Å². The van der Waals surface area contributed by atoms with E-state index < -0.39 is 0 Å². The van der Waals surface area contributed by atoms with Gasteiger partial charge in [-0.1, -0.05) is 18.2 Å². The number of hydrogen-bond acceptors (Lipinski definition) is 6. The van der Waals surface area contributed by atoms with Gasteiger partial charge in [-0.2, -0.15) is 15.0 Å². The van der Waals surface area contributed by atoms with Crippen molar-refractivity contribution in [2.24, 2.45) is 0 Å². The number of fused-ring (bicyclic) bond motifs is 3. The molecule has 5 heterocycles. The molecule has 0 saturated heterocycles. The molecule has 6 aromatic rings. The fourth-order valence-electron chi connectivity index (χ4n) is 3.84. The second-order valence-corrected chi connectivity index (χ2v) is 7.15. The number of para-hydroxylation sites is 1. The number of nitrogens with zero attached hydrogens (tertiary/aromatic N) is 9. The first-order valence-corrected chi connectivity index (χ1v) is 9.82. The van der Waals surface area contributed by atoms with Crippen LogP contribution in [-0.4, -0.2) is 43.6 Å². The molecular weight excluding hydrogens is 390 g/mol. The van der Waals surface area contributed by atoms with Gasteiger partial charge in [-0.3, -0.25) is 18.7 Å². The van der Waals surface area contributed by atoms with Crippen molar-refractivity contribution in [1.82, 2.24) is 43.6 Å². The predicted octanol–water partition coefficient (Wildman–Crippen LogP) is 3.35. The minimum Gasteiger partial charge on any atom is -0.276 e. The number of imidazole rings is 2. The first-order chi connectivity index (χ1) is 15.2. The van der Waals surface area contributed by atoms with E-state index in [1.165, 1.54) is 0 Å². The molecule has 5 aromatic heterocycles. The van der Waals surface area contributed by atoms with Crippen molar-refractivity contribution in [3.63, 3.8) is 0 Å². The van der Waals surface area contributed by atoms with E-state index in [-0.39, 0.29) is 0 Å². The predicted molar refractivity (Wildman–Crippen MR) is 116 cm³/mol. The van der Waals surface area contributed by atoms with Crippen molar-refractivity contribution in [2.75, 3.05) is 0 Å². The summed E-state index contributed by atoms with van der Waals surface area (Å²) in [6, 6.07) is 12.1. The molecule has 0 fully saturated rings. The zero-order chi connectivity index (χ0) is 20.9. The molecule has 0 aliphatic heterocycles. The largest absolute Gasteiger partial charge is 0.276 e. The monoisotopic (exact) mass is 407 g/mol. The van der Waals surface area contributed by atoms with Gasteiger partial charge in [0.15, 0.2) is 0 Å². The highest BCUT2D eigenvalue weighted by atomic mass is 15.3. The molecule has 0 N–H and O–H groups in total. The van der Waals surface area contributed by atoms with E-state index in [1.807, 2.05) is 70.3 Å². The Kier molecular flexibility index (Phi) is 3.69. The van der Waals surface area contributed by atoms with Crippen LogP contribution in [-0.2, 0) is 0 Å². The minimum absolute atomic E-state index is 0.484. The highest BCUT2D eigenvalue weighted by Crippen LogP contribution is 2.29. The molecule has 6 rings (SSSR count). The van der Waals surface area contributed by atoms with Gasteiger partial charge in [0.1, 0.15) is 11.6 Å². The number of aromatic nitrogens is 9. The summed E-state index contributed by atoms with van der Waals surface area (Å²) in [6.07, 6.45) is 8.93. The average molecular weight is 407 g/mol.